The Kier molecular flexibility index (Phi) is 5.88. The van der Waals surface area contributed by atoms with Gasteiger partial charge in [0.25, 0.3) is 0 Å². The molecule has 1 saturated heterocycles. The van der Waals surface area contributed by atoms with Gasteiger partial charge in [-0.2, -0.15) is 0 Å². The maximum absolute atomic E-state index is 13.0. The minimum absolute atomic E-state index is 0.311. The van der Waals surface area contributed by atoms with Gasteiger partial charge in [-0.1, -0.05) is 60.7 Å². The molecule has 3 nitrogen and oxygen atoms in total. The van der Waals surface area contributed by atoms with Crippen LogP contribution in [-0.4, -0.2) is 47.4 Å². The zero-order valence-corrected chi connectivity index (χ0v) is 16.1. The van der Waals surface area contributed by atoms with Crippen molar-refractivity contribution in [2.24, 2.45) is 0 Å². The van der Waals surface area contributed by atoms with Crippen LogP contribution < -0.4 is 0 Å². The van der Waals surface area contributed by atoms with Crippen molar-refractivity contribution in [3.8, 4) is 0 Å². The van der Waals surface area contributed by atoms with Gasteiger partial charge in [0.05, 0.1) is 0 Å². The SMILES string of the molecule is O=C(CCCc1ccccc1)N1CCN(C2CC2)CC1Cc1ccccc1. The van der Waals surface area contributed by atoms with Crippen molar-refractivity contribution in [2.75, 3.05) is 19.6 Å². The number of carbonyl (C=O) groups is 1. The first-order valence-electron chi connectivity index (χ1n) is 10.4. The van der Waals surface area contributed by atoms with Crippen molar-refractivity contribution in [3.05, 3.63) is 71.8 Å². The molecule has 4 rings (SSSR count). The third-order valence-electron chi connectivity index (χ3n) is 5.91. The number of piperazine rings is 1. The molecule has 2 aromatic carbocycles. The Morgan fingerprint density at radius 3 is 2.22 bits per heavy atom. The molecule has 142 valence electrons. The summed E-state index contributed by atoms with van der Waals surface area (Å²) < 4.78 is 0. The summed E-state index contributed by atoms with van der Waals surface area (Å²) in [6.07, 6.45) is 6.21. The lowest BCUT2D eigenvalue weighted by molar-refractivity contribution is -0.136. The first-order chi connectivity index (χ1) is 13.3. The molecule has 1 heterocycles. The summed E-state index contributed by atoms with van der Waals surface area (Å²) in [5.74, 6) is 0.335. The van der Waals surface area contributed by atoms with Crippen LogP contribution in [0, 0.1) is 0 Å². The number of aryl methyl sites for hydroxylation is 1. The van der Waals surface area contributed by atoms with Gasteiger partial charge in [0.15, 0.2) is 0 Å². The molecule has 0 radical (unpaired) electrons. The molecule has 1 unspecified atom stereocenters. The monoisotopic (exact) mass is 362 g/mol. The van der Waals surface area contributed by atoms with Crippen LogP contribution in [0.5, 0.6) is 0 Å². The van der Waals surface area contributed by atoms with Gasteiger partial charge in [-0.25, -0.2) is 0 Å². The normalized spacial score (nSPS) is 20.6. The number of amides is 1. The van der Waals surface area contributed by atoms with Crippen LogP contribution in [0.25, 0.3) is 0 Å². The van der Waals surface area contributed by atoms with Crippen LogP contribution in [0.2, 0.25) is 0 Å². The smallest absolute Gasteiger partial charge is 0.222 e. The highest BCUT2D eigenvalue weighted by molar-refractivity contribution is 5.76. The van der Waals surface area contributed by atoms with Crippen molar-refractivity contribution < 1.29 is 4.79 Å². The van der Waals surface area contributed by atoms with Crippen molar-refractivity contribution >= 4 is 5.91 Å². The Bertz CT molecular complexity index is 727. The van der Waals surface area contributed by atoms with Gasteiger partial charge in [-0.05, 0) is 43.2 Å². The Hall–Kier alpha value is -2.13. The summed E-state index contributed by atoms with van der Waals surface area (Å²) in [5.41, 5.74) is 2.66. The molecule has 1 aliphatic carbocycles. The predicted octanol–water partition coefficient (Wildman–Crippen LogP) is 3.93. The number of carbonyl (C=O) groups excluding carboxylic acids is 1. The highest BCUT2D eigenvalue weighted by Crippen LogP contribution is 2.30. The average Bonchev–Trinajstić information content (AvgIpc) is 3.55. The summed E-state index contributed by atoms with van der Waals surface area (Å²) in [4.78, 5) is 17.8. The topological polar surface area (TPSA) is 23.6 Å². The van der Waals surface area contributed by atoms with Gasteiger partial charge >= 0.3 is 0 Å². The number of nitrogens with zero attached hydrogens (tertiary/aromatic N) is 2. The molecule has 27 heavy (non-hydrogen) atoms. The van der Waals surface area contributed by atoms with E-state index in [4.69, 9.17) is 0 Å². The third kappa shape index (κ3) is 4.98. The molecule has 1 atom stereocenters. The van der Waals surface area contributed by atoms with Crippen LogP contribution in [-0.2, 0) is 17.6 Å². The van der Waals surface area contributed by atoms with E-state index in [1.54, 1.807) is 0 Å². The number of benzene rings is 2. The van der Waals surface area contributed by atoms with E-state index in [0.29, 0.717) is 18.4 Å². The van der Waals surface area contributed by atoms with Crippen molar-refractivity contribution in [2.45, 2.75) is 50.6 Å². The minimum atomic E-state index is 0.311. The molecule has 0 bridgehead atoms. The molecule has 1 aliphatic heterocycles. The molecule has 0 aromatic heterocycles. The van der Waals surface area contributed by atoms with E-state index in [1.807, 2.05) is 6.07 Å². The fourth-order valence-corrected chi connectivity index (χ4v) is 4.27. The van der Waals surface area contributed by atoms with E-state index < -0.39 is 0 Å². The van der Waals surface area contributed by atoms with Crippen LogP contribution in [0.3, 0.4) is 0 Å². The second kappa shape index (κ2) is 8.71. The molecule has 1 amide bonds. The third-order valence-corrected chi connectivity index (χ3v) is 5.91. The lowest BCUT2D eigenvalue weighted by Gasteiger charge is -2.42. The summed E-state index contributed by atoms with van der Waals surface area (Å²) in [6.45, 7) is 2.96. The largest absolute Gasteiger partial charge is 0.337 e. The van der Waals surface area contributed by atoms with Gasteiger partial charge in [-0.3, -0.25) is 9.69 Å². The Labute approximate surface area is 163 Å². The number of rotatable bonds is 7. The summed E-state index contributed by atoms with van der Waals surface area (Å²) >= 11 is 0. The maximum Gasteiger partial charge on any atom is 0.222 e. The second-order valence-corrected chi connectivity index (χ2v) is 8.00. The Morgan fingerprint density at radius 1 is 0.889 bits per heavy atom. The van der Waals surface area contributed by atoms with Crippen LogP contribution in [0.15, 0.2) is 60.7 Å². The Balaban J connectivity index is 1.36. The minimum Gasteiger partial charge on any atom is -0.337 e. The van der Waals surface area contributed by atoms with Crippen molar-refractivity contribution in [3.63, 3.8) is 0 Å². The molecule has 2 fully saturated rings. The van der Waals surface area contributed by atoms with E-state index in [2.05, 4.69) is 64.4 Å². The molecular weight excluding hydrogens is 332 g/mol. The van der Waals surface area contributed by atoms with Gasteiger partial charge in [0.1, 0.15) is 0 Å². The summed E-state index contributed by atoms with van der Waals surface area (Å²) in [5, 5.41) is 0. The maximum atomic E-state index is 13.0. The standard InChI is InChI=1S/C24H30N2O/c27-24(13-7-12-20-8-3-1-4-9-20)26-17-16-25(22-14-15-22)19-23(26)18-21-10-5-2-6-11-21/h1-6,8-11,22-23H,7,12-19H2. The van der Waals surface area contributed by atoms with Crippen LogP contribution >= 0.6 is 0 Å². The van der Waals surface area contributed by atoms with E-state index in [9.17, 15) is 4.79 Å². The first kappa shape index (κ1) is 18.2. The van der Waals surface area contributed by atoms with Gasteiger partial charge in [0.2, 0.25) is 5.91 Å². The van der Waals surface area contributed by atoms with Crippen molar-refractivity contribution in [1.29, 1.82) is 0 Å². The molecule has 0 spiro atoms. The van der Waals surface area contributed by atoms with Gasteiger partial charge in [-0.15, -0.1) is 0 Å². The van der Waals surface area contributed by atoms with Gasteiger partial charge < -0.3 is 4.90 Å². The predicted molar refractivity (Wildman–Crippen MR) is 110 cm³/mol. The Morgan fingerprint density at radius 2 is 1.56 bits per heavy atom. The first-order valence-corrected chi connectivity index (χ1v) is 10.4. The molecule has 3 heteroatoms. The van der Waals surface area contributed by atoms with E-state index in [1.165, 1.54) is 24.0 Å². The fourth-order valence-electron chi connectivity index (χ4n) is 4.27. The molecular formula is C24H30N2O. The average molecular weight is 363 g/mol. The highest BCUT2D eigenvalue weighted by atomic mass is 16.2. The highest BCUT2D eigenvalue weighted by Gasteiger charge is 2.36. The lowest BCUT2D eigenvalue weighted by atomic mass is 10.0. The molecule has 2 aromatic rings. The van der Waals surface area contributed by atoms with E-state index in [0.717, 1.165) is 44.9 Å². The fraction of sp³-hybridized carbons (Fsp3) is 0.458. The number of hydrogen-bond donors (Lipinski definition) is 0. The van der Waals surface area contributed by atoms with Crippen LogP contribution in [0.4, 0.5) is 0 Å². The van der Waals surface area contributed by atoms with Crippen LogP contribution in [0.1, 0.15) is 36.8 Å². The zero-order valence-electron chi connectivity index (χ0n) is 16.1. The van der Waals surface area contributed by atoms with E-state index in [-0.39, 0.29) is 0 Å². The van der Waals surface area contributed by atoms with Gasteiger partial charge in [0, 0.05) is 38.1 Å². The molecule has 1 saturated carbocycles. The summed E-state index contributed by atoms with van der Waals surface area (Å²) in [6, 6.07) is 22.2. The lowest BCUT2D eigenvalue weighted by Crippen LogP contribution is -2.56. The number of hydrogen-bond acceptors (Lipinski definition) is 2. The quantitative estimate of drug-likeness (QED) is 0.745. The van der Waals surface area contributed by atoms with E-state index >= 15 is 0 Å². The summed E-state index contributed by atoms with van der Waals surface area (Å²) in [7, 11) is 0. The molecule has 2 aliphatic rings. The second-order valence-electron chi connectivity index (χ2n) is 8.00. The van der Waals surface area contributed by atoms with Crippen molar-refractivity contribution in [1.82, 2.24) is 9.80 Å². The molecule has 0 N–H and O–H groups in total. The zero-order chi connectivity index (χ0) is 18.5.